The first kappa shape index (κ1) is 15.0. The molecule has 1 aliphatic carbocycles. The van der Waals surface area contributed by atoms with Crippen LogP contribution in [0.2, 0.25) is 0 Å². The van der Waals surface area contributed by atoms with Gasteiger partial charge in [-0.25, -0.2) is 4.39 Å². The minimum absolute atomic E-state index is 0.143. The Morgan fingerprint density at radius 1 is 1.35 bits per heavy atom. The highest BCUT2D eigenvalue weighted by Crippen LogP contribution is 2.26. The standard InChI is InChI=1S/C16H23FN2O/c1-4-19(14-5-6-14)15(20)10-18-9-13-7-11(2)16(17)12(3)8-13/h7-8,14,18H,4-6,9-10H2,1-3H3. The number of rotatable bonds is 6. The lowest BCUT2D eigenvalue weighted by atomic mass is 10.1. The van der Waals surface area contributed by atoms with Crippen LogP contribution in [0, 0.1) is 19.7 Å². The maximum absolute atomic E-state index is 13.5. The van der Waals surface area contributed by atoms with Gasteiger partial charge in [0.05, 0.1) is 6.54 Å². The van der Waals surface area contributed by atoms with Crippen LogP contribution in [-0.2, 0) is 11.3 Å². The normalized spacial score (nSPS) is 14.4. The summed E-state index contributed by atoms with van der Waals surface area (Å²) in [7, 11) is 0. The molecule has 0 aliphatic heterocycles. The van der Waals surface area contributed by atoms with Crippen LogP contribution in [0.15, 0.2) is 12.1 Å². The molecule has 0 heterocycles. The van der Waals surface area contributed by atoms with Crippen molar-refractivity contribution in [3.05, 3.63) is 34.6 Å². The van der Waals surface area contributed by atoms with Crippen molar-refractivity contribution < 1.29 is 9.18 Å². The lowest BCUT2D eigenvalue weighted by Gasteiger charge is -2.20. The summed E-state index contributed by atoms with van der Waals surface area (Å²) in [6.45, 7) is 7.27. The van der Waals surface area contributed by atoms with Crippen molar-refractivity contribution in [2.75, 3.05) is 13.1 Å². The Morgan fingerprint density at radius 3 is 2.45 bits per heavy atom. The second-order valence-electron chi connectivity index (χ2n) is 5.56. The predicted octanol–water partition coefficient (Wildman–Crippen LogP) is 2.54. The van der Waals surface area contributed by atoms with Crippen molar-refractivity contribution in [1.29, 1.82) is 0 Å². The quantitative estimate of drug-likeness (QED) is 0.867. The molecule has 1 amide bonds. The fourth-order valence-corrected chi connectivity index (χ4v) is 2.58. The zero-order valence-corrected chi connectivity index (χ0v) is 12.5. The summed E-state index contributed by atoms with van der Waals surface area (Å²) < 4.78 is 13.5. The molecule has 2 rings (SSSR count). The van der Waals surface area contributed by atoms with Gasteiger partial charge in [0, 0.05) is 19.1 Å². The molecule has 1 aromatic carbocycles. The van der Waals surface area contributed by atoms with Crippen LogP contribution in [0.3, 0.4) is 0 Å². The number of amides is 1. The van der Waals surface area contributed by atoms with Crippen molar-refractivity contribution in [1.82, 2.24) is 10.2 Å². The maximum Gasteiger partial charge on any atom is 0.236 e. The first-order chi connectivity index (χ1) is 9.52. The zero-order valence-electron chi connectivity index (χ0n) is 12.5. The topological polar surface area (TPSA) is 32.3 Å². The monoisotopic (exact) mass is 278 g/mol. The number of nitrogens with zero attached hydrogens (tertiary/aromatic N) is 1. The largest absolute Gasteiger partial charge is 0.339 e. The van der Waals surface area contributed by atoms with Gasteiger partial charge in [-0.2, -0.15) is 0 Å². The van der Waals surface area contributed by atoms with Crippen LogP contribution in [0.1, 0.15) is 36.5 Å². The van der Waals surface area contributed by atoms with E-state index < -0.39 is 0 Å². The summed E-state index contributed by atoms with van der Waals surface area (Å²) in [4.78, 5) is 14.0. The number of benzene rings is 1. The van der Waals surface area contributed by atoms with Gasteiger partial charge in [-0.1, -0.05) is 12.1 Å². The van der Waals surface area contributed by atoms with Gasteiger partial charge in [-0.05, 0) is 50.3 Å². The van der Waals surface area contributed by atoms with Crippen LogP contribution in [0.25, 0.3) is 0 Å². The molecule has 0 bridgehead atoms. The Balaban J connectivity index is 1.85. The third-order valence-corrected chi connectivity index (χ3v) is 3.75. The number of nitrogens with one attached hydrogen (secondary N) is 1. The van der Waals surface area contributed by atoms with Gasteiger partial charge in [0.2, 0.25) is 5.91 Å². The SMILES string of the molecule is CCN(C(=O)CNCc1cc(C)c(F)c(C)c1)C1CC1. The molecule has 4 heteroatoms. The van der Waals surface area contributed by atoms with Crippen LogP contribution in [0.4, 0.5) is 4.39 Å². The van der Waals surface area contributed by atoms with E-state index in [0.717, 1.165) is 24.9 Å². The summed E-state index contributed by atoms with van der Waals surface area (Å²) in [5.41, 5.74) is 2.33. The van der Waals surface area contributed by atoms with E-state index in [-0.39, 0.29) is 11.7 Å². The molecule has 110 valence electrons. The van der Waals surface area contributed by atoms with E-state index in [2.05, 4.69) is 5.32 Å². The van der Waals surface area contributed by atoms with Crippen LogP contribution in [0.5, 0.6) is 0 Å². The average Bonchev–Trinajstić information content (AvgIpc) is 3.21. The van der Waals surface area contributed by atoms with Gasteiger partial charge in [-0.3, -0.25) is 4.79 Å². The molecule has 0 unspecified atom stereocenters. The minimum Gasteiger partial charge on any atom is -0.339 e. The number of carbonyl (C=O) groups excluding carboxylic acids is 1. The van der Waals surface area contributed by atoms with Crippen LogP contribution in [-0.4, -0.2) is 29.9 Å². The average molecular weight is 278 g/mol. The molecule has 3 nitrogen and oxygen atoms in total. The Bertz CT molecular complexity index is 474. The number of hydrogen-bond donors (Lipinski definition) is 1. The maximum atomic E-state index is 13.5. The number of aryl methyl sites for hydroxylation is 2. The van der Waals surface area contributed by atoms with Crippen molar-refractivity contribution in [2.24, 2.45) is 0 Å². The molecule has 0 aromatic heterocycles. The molecule has 1 aromatic rings. The van der Waals surface area contributed by atoms with Crippen molar-refractivity contribution in [2.45, 2.75) is 46.2 Å². The number of carbonyl (C=O) groups is 1. The smallest absolute Gasteiger partial charge is 0.236 e. The Morgan fingerprint density at radius 2 is 1.95 bits per heavy atom. The van der Waals surface area contributed by atoms with Gasteiger partial charge in [0.15, 0.2) is 0 Å². The molecule has 0 saturated heterocycles. The summed E-state index contributed by atoms with van der Waals surface area (Å²) in [6.07, 6.45) is 2.27. The van der Waals surface area contributed by atoms with E-state index in [1.54, 1.807) is 13.8 Å². The second kappa shape index (κ2) is 6.35. The van der Waals surface area contributed by atoms with Gasteiger partial charge in [-0.15, -0.1) is 0 Å². The van der Waals surface area contributed by atoms with Crippen molar-refractivity contribution >= 4 is 5.91 Å². The predicted molar refractivity (Wildman–Crippen MR) is 78.0 cm³/mol. The summed E-state index contributed by atoms with van der Waals surface area (Å²) >= 11 is 0. The molecule has 1 aliphatic rings. The fourth-order valence-electron chi connectivity index (χ4n) is 2.58. The zero-order chi connectivity index (χ0) is 14.7. The Hall–Kier alpha value is -1.42. The highest BCUT2D eigenvalue weighted by atomic mass is 19.1. The van der Waals surface area contributed by atoms with E-state index in [9.17, 15) is 9.18 Å². The van der Waals surface area contributed by atoms with E-state index in [4.69, 9.17) is 0 Å². The molecule has 20 heavy (non-hydrogen) atoms. The third kappa shape index (κ3) is 3.57. The third-order valence-electron chi connectivity index (χ3n) is 3.75. The Kier molecular flexibility index (Phi) is 4.76. The van der Waals surface area contributed by atoms with E-state index >= 15 is 0 Å². The van der Waals surface area contributed by atoms with Crippen molar-refractivity contribution in [3.8, 4) is 0 Å². The molecular formula is C16H23FN2O. The number of halogens is 1. The highest BCUT2D eigenvalue weighted by molar-refractivity contribution is 5.78. The van der Waals surface area contributed by atoms with E-state index in [0.29, 0.717) is 30.3 Å². The number of hydrogen-bond acceptors (Lipinski definition) is 2. The van der Waals surface area contributed by atoms with Gasteiger partial charge in [0.25, 0.3) is 0 Å². The van der Waals surface area contributed by atoms with Crippen molar-refractivity contribution in [3.63, 3.8) is 0 Å². The first-order valence-corrected chi connectivity index (χ1v) is 7.28. The van der Waals surface area contributed by atoms with Gasteiger partial charge in [0.1, 0.15) is 5.82 Å². The first-order valence-electron chi connectivity index (χ1n) is 7.28. The molecule has 0 radical (unpaired) electrons. The van der Waals surface area contributed by atoms with E-state index in [1.807, 2.05) is 24.0 Å². The second-order valence-corrected chi connectivity index (χ2v) is 5.56. The molecule has 0 atom stereocenters. The highest BCUT2D eigenvalue weighted by Gasteiger charge is 2.30. The molecule has 1 N–H and O–H groups in total. The fraction of sp³-hybridized carbons (Fsp3) is 0.562. The van der Waals surface area contributed by atoms with Crippen LogP contribution < -0.4 is 5.32 Å². The van der Waals surface area contributed by atoms with Crippen LogP contribution >= 0.6 is 0 Å². The lowest BCUT2D eigenvalue weighted by molar-refractivity contribution is -0.130. The lowest BCUT2D eigenvalue weighted by Crippen LogP contribution is -2.39. The Labute approximate surface area is 120 Å². The van der Waals surface area contributed by atoms with E-state index in [1.165, 1.54) is 0 Å². The summed E-state index contributed by atoms with van der Waals surface area (Å²) in [6, 6.07) is 4.13. The molecule has 1 fully saturated rings. The van der Waals surface area contributed by atoms with Gasteiger partial charge >= 0.3 is 0 Å². The molecule has 1 saturated carbocycles. The van der Waals surface area contributed by atoms with Gasteiger partial charge < -0.3 is 10.2 Å². The molecule has 0 spiro atoms. The summed E-state index contributed by atoms with van der Waals surface area (Å²) in [5.74, 6) is 0.0151. The minimum atomic E-state index is -0.143. The molecular weight excluding hydrogens is 255 g/mol. The number of likely N-dealkylation sites (N-methyl/N-ethyl adjacent to an activating group) is 1. The summed E-state index contributed by atoms with van der Waals surface area (Å²) in [5, 5.41) is 3.16.